The highest BCUT2D eigenvalue weighted by molar-refractivity contribution is 6.38. The molecule has 1 heterocycles. The maximum atomic E-state index is 14.1. The number of aromatic nitrogens is 2. The van der Waals surface area contributed by atoms with Crippen LogP contribution in [-0.2, 0) is 11.6 Å². The fourth-order valence-electron chi connectivity index (χ4n) is 3.04. The zero-order valence-corrected chi connectivity index (χ0v) is 17.3. The van der Waals surface area contributed by atoms with Gasteiger partial charge in [-0.1, -0.05) is 23.2 Å². The number of nitriles is 1. The van der Waals surface area contributed by atoms with Gasteiger partial charge in [-0.25, -0.2) is 18.5 Å². The lowest BCUT2D eigenvalue weighted by Gasteiger charge is -2.15. The van der Waals surface area contributed by atoms with Crippen molar-refractivity contribution in [1.29, 1.82) is 5.26 Å². The molecule has 1 saturated carbocycles. The lowest BCUT2D eigenvalue weighted by molar-refractivity contribution is -0.137. The van der Waals surface area contributed by atoms with Gasteiger partial charge in [0.2, 0.25) is 0 Å². The number of alkyl halides is 5. The van der Waals surface area contributed by atoms with Crippen molar-refractivity contribution in [3.63, 3.8) is 0 Å². The number of rotatable bonds is 4. The van der Waals surface area contributed by atoms with E-state index >= 15 is 0 Å². The monoisotopic (exact) mass is 465 g/mol. The van der Waals surface area contributed by atoms with E-state index in [9.17, 15) is 27.2 Å². The molecule has 1 fully saturated rings. The molecular formula is C18H14Cl2F5N5. The predicted octanol–water partition coefficient (Wildman–Crippen LogP) is 5.59. The van der Waals surface area contributed by atoms with Gasteiger partial charge in [-0.2, -0.15) is 23.5 Å². The number of halogens is 7. The number of benzene rings is 1. The zero-order chi connectivity index (χ0) is 22.6. The fourth-order valence-corrected chi connectivity index (χ4v) is 3.69. The summed E-state index contributed by atoms with van der Waals surface area (Å²) >= 11 is 12.1. The molecule has 1 aliphatic carbocycles. The molecule has 1 atom stereocenters. The Morgan fingerprint density at radius 1 is 1.27 bits per heavy atom. The van der Waals surface area contributed by atoms with Crippen molar-refractivity contribution in [3.8, 4) is 11.8 Å². The van der Waals surface area contributed by atoms with Crippen LogP contribution < -0.4 is 0 Å². The second kappa shape index (κ2) is 7.10. The number of aliphatic imine (C=N–C) groups is 1. The Hall–Kier alpha value is -2.38. The van der Waals surface area contributed by atoms with E-state index in [1.54, 1.807) is 20.2 Å². The Balaban J connectivity index is 2.32. The van der Waals surface area contributed by atoms with Crippen molar-refractivity contribution in [1.82, 2.24) is 14.7 Å². The summed E-state index contributed by atoms with van der Waals surface area (Å²) in [5.74, 6) is -3.26. The molecule has 0 spiro atoms. The molecule has 5 nitrogen and oxygen atoms in total. The van der Waals surface area contributed by atoms with Gasteiger partial charge in [0.25, 0.3) is 5.92 Å². The number of hydrogen-bond donors (Lipinski definition) is 0. The van der Waals surface area contributed by atoms with Crippen LogP contribution in [0, 0.1) is 11.3 Å². The predicted molar refractivity (Wildman–Crippen MR) is 102 cm³/mol. The molecule has 1 aromatic heterocycles. The summed E-state index contributed by atoms with van der Waals surface area (Å²) in [6, 6.07) is 3.04. The first-order valence-electron chi connectivity index (χ1n) is 8.41. The Morgan fingerprint density at radius 3 is 2.20 bits per heavy atom. The summed E-state index contributed by atoms with van der Waals surface area (Å²) in [7, 11) is 3.25. The minimum Gasteiger partial charge on any atom is -0.369 e. The van der Waals surface area contributed by atoms with E-state index in [-0.39, 0.29) is 22.8 Å². The van der Waals surface area contributed by atoms with Gasteiger partial charge in [-0.3, -0.25) is 0 Å². The molecule has 2 aromatic rings. The van der Waals surface area contributed by atoms with Crippen molar-refractivity contribution in [2.75, 3.05) is 14.1 Å². The molecule has 30 heavy (non-hydrogen) atoms. The zero-order valence-electron chi connectivity index (χ0n) is 15.8. The van der Waals surface area contributed by atoms with E-state index in [2.05, 4.69) is 10.1 Å². The van der Waals surface area contributed by atoms with Crippen LogP contribution in [-0.4, -0.2) is 41.0 Å². The van der Waals surface area contributed by atoms with Crippen LogP contribution in [0.1, 0.15) is 30.2 Å². The van der Waals surface area contributed by atoms with E-state index in [1.165, 1.54) is 18.2 Å². The molecular weight excluding hydrogens is 452 g/mol. The maximum Gasteiger partial charge on any atom is 0.416 e. The van der Waals surface area contributed by atoms with Crippen LogP contribution in [0.4, 0.5) is 27.8 Å². The number of nitrogens with zero attached hydrogens (tertiary/aromatic N) is 5. The van der Waals surface area contributed by atoms with Crippen LogP contribution in [0.25, 0.3) is 5.69 Å². The molecule has 1 unspecified atom stereocenters. The van der Waals surface area contributed by atoms with Crippen LogP contribution in [0.5, 0.6) is 0 Å². The van der Waals surface area contributed by atoms with E-state index < -0.39 is 39.5 Å². The molecule has 0 aliphatic heterocycles. The van der Waals surface area contributed by atoms with E-state index in [0.29, 0.717) is 12.1 Å². The first-order chi connectivity index (χ1) is 13.7. The van der Waals surface area contributed by atoms with Crippen molar-refractivity contribution >= 4 is 35.4 Å². The lowest BCUT2D eigenvalue weighted by Crippen LogP contribution is -2.14. The quantitative estimate of drug-likeness (QED) is 0.336. The van der Waals surface area contributed by atoms with Gasteiger partial charge in [0, 0.05) is 26.1 Å². The van der Waals surface area contributed by atoms with Gasteiger partial charge in [0.05, 0.1) is 27.4 Å². The molecule has 0 bridgehead atoms. The standard InChI is InChI=1S/C18H14Cl2F5N5/c1-16(7-17(16,21)22)13-12(6-26)28-30(15(13)27-8-29(2)3)14-10(19)4-9(5-11(14)20)18(23,24)25/h4-5,8H,7H2,1-3H3. The van der Waals surface area contributed by atoms with Crippen LogP contribution in [0.15, 0.2) is 17.1 Å². The summed E-state index contributed by atoms with van der Waals surface area (Å²) in [6.07, 6.45) is -3.94. The van der Waals surface area contributed by atoms with Crippen molar-refractivity contribution in [2.24, 2.45) is 4.99 Å². The largest absolute Gasteiger partial charge is 0.416 e. The van der Waals surface area contributed by atoms with Gasteiger partial charge < -0.3 is 4.90 Å². The normalized spacial score (nSPS) is 20.4. The summed E-state index contributed by atoms with van der Waals surface area (Å²) in [4.78, 5) is 5.66. The van der Waals surface area contributed by atoms with Crippen molar-refractivity contribution in [3.05, 3.63) is 39.0 Å². The van der Waals surface area contributed by atoms with Gasteiger partial charge in [-0.15, -0.1) is 0 Å². The van der Waals surface area contributed by atoms with Gasteiger partial charge >= 0.3 is 6.18 Å². The maximum absolute atomic E-state index is 14.1. The summed E-state index contributed by atoms with van der Waals surface area (Å²) in [5, 5.41) is 12.6. The third kappa shape index (κ3) is 3.61. The SMILES string of the molecule is CN(C)C=Nc1c(C2(C)CC2(F)F)c(C#N)nn1-c1c(Cl)cc(C(F)(F)F)cc1Cl. The molecule has 1 aromatic carbocycles. The topological polar surface area (TPSA) is 57.2 Å². The van der Waals surface area contributed by atoms with Crippen LogP contribution in [0.2, 0.25) is 10.0 Å². The average Bonchev–Trinajstić information content (AvgIpc) is 2.95. The Morgan fingerprint density at radius 2 is 1.80 bits per heavy atom. The Bertz CT molecular complexity index is 1060. The third-order valence-corrected chi connectivity index (χ3v) is 5.32. The summed E-state index contributed by atoms with van der Waals surface area (Å²) in [5.41, 5.74) is -3.46. The fraction of sp³-hybridized carbons (Fsp3) is 0.389. The first-order valence-corrected chi connectivity index (χ1v) is 9.17. The molecule has 3 rings (SSSR count). The summed E-state index contributed by atoms with van der Waals surface area (Å²) < 4.78 is 68.3. The third-order valence-electron chi connectivity index (χ3n) is 4.74. The van der Waals surface area contributed by atoms with Crippen LogP contribution in [0.3, 0.4) is 0 Å². The summed E-state index contributed by atoms with van der Waals surface area (Å²) in [6.45, 7) is 1.26. The minimum absolute atomic E-state index is 0.125. The van der Waals surface area contributed by atoms with Gasteiger partial charge in [0.1, 0.15) is 11.8 Å². The average molecular weight is 466 g/mol. The molecule has 12 heteroatoms. The highest BCUT2D eigenvalue weighted by atomic mass is 35.5. The smallest absolute Gasteiger partial charge is 0.369 e. The van der Waals surface area contributed by atoms with Gasteiger partial charge in [-0.05, 0) is 19.1 Å². The van der Waals surface area contributed by atoms with Gasteiger partial charge in [0.15, 0.2) is 11.5 Å². The molecule has 0 saturated heterocycles. The van der Waals surface area contributed by atoms with E-state index in [1.807, 2.05) is 0 Å². The highest BCUT2D eigenvalue weighted by Crippen LogP contribution is 2.63. The second-order valence-electron chi connectivity index (χ2n) is 7.28. The molecule has 0 amide bonds. The molecule has 1 aliphatic rings. The van der Waals surface area contributed by atoms with Crippen molar-refractivity contribution < 1.29 is 22.0 Å². The second-order valence-corrected chi connectivity index (χ2v) is 8.09. The highest BCUT2D eigenvalue weighted by Gasteiger charge is 2.71. The molecule has 160 valence electrons. The van der Waals surface area contributed by atoms with E-state index in [4.69, 9.17) is 23.2 Å². The number of hydrogen-bond acceptors (Lipinski definition) is 3. The minimum atomic E-state index is -4.70. The van der Waals surface area contributed by atoms with Crippen molar-refractivity contribution in [2.45, 2.75) is 30.9 Å². The Kier molecular flexibility index (Phi) is 5.28. The lowest BCUT2D eigenvalue weighted by atomic mass is 9.97. The van der Waals surface area contributed by atoms with E-state index in [0.717, 1.165) is 4.68 Å². The molecule has 0 N–H and O–H groups in total. The molecule has 0 radical (unpaired) electrons. The van der Waals surface area contributed by atoms with Crippen LogP contribution >= 0.6 is 23.2 Å². The Labute approximate surface area is 178 Å². The first kappa shape index (κ1) is 22.3.